The van der Waals surface area contributed by atoms with Gasteiger partial charge in [0, 0.05) is 0 Å². The highest BCUT2D eigenvalue weighted by Gasteiger charge is 2.62. The predicted octanol–water partition coefficient (Wildman–Crippen LogP) is 4.78. The van der Waals surface area contributed by atoms with Gasteiger partial charge in [-0.1, -0.05) is 6.92 Å². The molecule has 0 aliphatic carbocycles. The minimum absolute atomic E-state index is 0.216. The highest BCUT2D eigenvalue weighted by Crippen LogP contribution is 2.44. The van der Waals surface area contributed by atoms with Crippen LogP contribution in [0.4, 0.5) is 48.3 Å². The fourth-order valence-corrected chi connectivity index (χ4v) is 1.73. The van der Waals surface area contributed by atoms with Crippen LogP contribution in [0.2, 0.25) is 0 Å². The summed E-state index contributed by atoms with van der Waals surface area (Å²) in [7, 11) is 0. The van der Waals surface area contributed by atoms with Crippen molar-refractivity contribution in [1.29, 1.82) is 0 Å². The first-order valence-electron chi connectivity index (χ1n) is 7.15. The molecule has 3 atom stereocenters. The molecular weight excluding hydrogens is 413 g/mol. The zero-order valence-electron chi connectivity index (χ0n) is 13.7. The van der Waals surface area contributed by atoms with E-state index in [2.05, 4.69) is 4.74 Å². The second kappa shape index (κ2) is 7.95. The standard InChI is InChI=1S/C13H15F11O3/c1-3-9(2,12(19,20)21)8(25)27-6(11(16,17)18)4-5-10(26,7(14)15)13(22,23)24/h6-7,26H,3-5H2,1-2H3. The van der Waals surface area contributed by atoms with Gasteiger partial charge in [0.1, 0.15) is 0 Å². The van der Waals surface area contributed by atoms with E-state index < -0.39 is 67.3 Å². The van der Waals surface area contributed by atoms with Gasteiger partial charge in [-0.3, -0.25) is 4.79 Å². The first kappa shape index (κ1) is 25.7. The van der Waals surface area contributed by atoms with Gasteiger partial charge >= 0.3 is 24.5 Å². The van der Waals surface area contributed by atoms with Gasteiger partial charge in [0.2, 0.25) is 5.60 Å². The molecule has 0 heterocycles. The van der Waals surface area contributed by atoms with Crippen LogP contribution in [0.15, 0.2) is 0 Å². The van der Waals surface area contributed by atoms with Crippen LogP contribution in [0.5, 0.6) is 0 Å². The molecule has 0 amide bonds. The molecule has 0 aliphatic rings. The van der Waals surface area contributed by atoms with Crippen molar-refractivity contribution in [2.75, 3.05) is 0 Å². The van der Waals surface area contributed by atoms with E-state index in [0.717, 1.165) is 6.92 Å². The molecule has 0 saturated carbocycles. The van der Waals surface area contributed by atoms with E-state index in [0.29, 0.717) is 0 Å². The molecule has 3 unspecified atom stereocenters. The lowest BCUT2D eigenvalue weighted by Gasteiger charge is -2.33. The Morgan fingerprint density at radius 2 is 1.41 bits per heavy atom. The zero-order chi connectivity index (χ0) is 22.1. The third kappa shape index (κ3) is 5.57. The molecule has 0 fully saturated rings. The Morgan fingerprint density at radius 1 is 0.963 bits per heavy atom. The van der Waals surface area contributed by atoms with Crippen molar-refractivity contribution in [3.8, 4) is 0 Å². The molecule has 0 radical (unpaired) electrons. The summed E-state index contributed by atoms with van der Waals surface area (Å²) in [5, 5.41) is 8.95. The number of hydrogen-bond donors (Lipinski definition) is 1. The average molecular weight is 428 g/mol. The first-order valence-corrected chi connectivity index (χ1v) is 7.15. The third-order valence-corrected chi connectivity index (χ3v) is 4.04. The van der Waals surface area contributed by atoms with Crippen molar-refractivity contribution in [1.82, 2.24) is 0 Å². The predicted molar refractivity (Wildman–Crippen MR) is 66.6 cm³/mol. The fourth-order valence-electron chi connectivity index (χ4n) is 1.73. The fraction of sp³-hybridized carbons (Fsp3) is 0.923. The molecule has 0 bridgehead atoms. The monoisotopic (exact) mass is 428 g/mol. The summed E-state index contributed by atoms with van der Waals surface area (Å²) in [6.45, 7) is 1.02. The smallest absolute Gasteiger partial charge is 0.425 e. The number of aliphatic hydroxyl groups is 1. The number of hydrogen-bond acceptors (Lipinski definition) is 3. The van der Waals surface area contributed by atoms with Gasteiger partial charge in [0.15, 0.2) is 11.5 Å². The summed E-state index contributed by atoms with van der Waals surface area (Å²) in [5.41, 5.74) is -8.26. The summed E-state index contributed by atoms with van der Waals surface area (Å²) in [5.74, 6) is -2.44. The molecule has 0 aliphatic heterocycles. The van der Waals surface area contributed by atoms with Gasteiger partial charge in [-0.2, -0.15) is 39.5 Å². The number of carbonyl (C=O) groups is 1. The minimum atomic E-state index is -6.04. The number of halogens is 11. The SMILES string of the molecule is CCC(C)(C(=O)OC(CCC(O)(C(F)F)C(F)(F)F)C(F)(F)F)C(F)(F)F. The molecule has 0 aromatic carbocycles. The Balaban J connectivity index is 5.60. The van der Waals surface area contributed by atoms with E-state index in [1.807, 2.05) is 0 Å². The van der Waals surface area contributed by atoms with Gasteiger partial charge in [0.05, 0.1) is 0 Å². The van der Waals surface area contributed by atoms with Crippen LogP contribution in [0.1, 0.15) is 33.1 Å². The van der Waals surface area contributed by atoms with E-state index in [4.69, 9.17) is 5.11 Å². The lowest BCUT2D eigenvalue weighted by Crippen LogP contribution is -2.52. The van der Waals surface area contributed by atoms with Crippen LogP contribution < -0.4 is 0 Å². The molecular formula is C13H15F11O3. The second-order valence-corrected chi connectivity index (χ2v) is 5.88. The largest absolute Gasteiger partial charge is 0.452 e. The van der Waals surface area contributed by atoms with E-state index in [1.165, 1.54) is 0 Å². The molecule has 3 nitrogen and oxygen atoms in total. The van der Waals surface area contributed by atoms with Gasteiger partial charge < -0.3 is 9.84 Å². The Morgan fingerprint density at radius 3 is 1.67 bits per heavy atom. The van der Waals surface area contributed by atoms with Crippen molar-refractivity contribution in [3.05, 3.63) is 0 Å². The van der Waals surface area contributed by atoms with Crippen LogP contribution in [-0.4, -0.2) is 47.7 Å². The van der Waals surface area contributed by atoms with Crippen molar-refractivity contribution in [3.63, 3.8) is 0 Å². The van der Waals surface area contributed by atoms with Crippen LogP contribution in [-0.2, 0) is 9.53 Å². The Bertz CT molecular complexity index is 511. The maximum atomic E-state index is 12.9. The molecule has 162 valence electrons. The normalized spacial score (nSPS) is 19.4. The van der Waals surface area contributed by atoms with Crippen molar-refractivity contribution >= 4 is 5.97 Å². The minimum Gasteiger partial charge on any atom is -0.452 e. The van der Waals surface area contributed by atoms with Gasteiger partial charge in [-0.15, -0.1) is 0 Å². The van der Waals surface area contributed by atoms with Crippen molar-refractivity contribution in [2.24, 2.45) is 5.41 Å². The van der Waals surface area contributed by atoms with E-state index in [1.54, 1.807) is 0 Å². The summed E-state index contributed by atoms with van der Waals surface area (Å²) in [6, 6.07) is 0. The number of carbonyl (C=O) groups excluding carboxylic acids is 1. The maximum Gasteiger partial charge on any atom is 0.425 e. The number of esters is 1. The molecule has 0 saturated heterocycles. The lowest BCUT2D eigenvalue weighted by atomic mass is 9.86. The Labute approximate surface area is 145 Å². The number of rotatable bonds is 7. The van der Waals surface area contributed by atoms with Gasteiger partial charge in [-0.25, -0.2) is 8.78 Å². The molecule has 1 N–H and O–H groups in total. The van der Waals surface area contributed by atoms with Crippen LogP contribution in [0.25, 0.3) is 0 Å². The van der Waals surface area contributed by atoms with Gasteiger partial charge in [0.25, 0.3) is 6.43 Å². The summed E-state index contributed by atoms with van der Waals surface area (Å²) < 4.78 is 143. The molecule has 0 rings (SSSR count). The highest BCUT2D eigenvalue weighted by molar-refractivity contribution is 5.77. The van der Waals surface area contributed by atoms with Crippen molar-refractivity contribution < 1.29 is 62.9 Å². The molecule has 0 aromatic heterocycles. The lowest BCUT2D eigenvalue weighted by molar-refractivity contribution is -0.305. The summed E-state index contributed by atoms with van der Waals surface area (Å²) >= 11 is 0. The van der Waals surface area contributed by atoms with E-state index in [9.17, 15) is 53.1 Å². The Kier molecular flexibility index (Phi) is 7.56. The quantitative estimate of drug-likeness (QED) is 0.469. The molecule has 14 heteroatoms. The van der Waals surface area contributed by atoms with Crippen LogP contribution in [0.3, 0.4) is 0 Å². The third-order valence-electron chi connectivity index (χ3n) is 4.04. The van der Waals surface area contributed by atoms with Crippen LogP contribution >= 0.6 is 0 Å². The molecule has 0 aromatic rings. The maximum absolute atomic E-state index is 12.9. The average Bonchev–Trinajstić information content (AvgIpc) is 2.45. The number of alkyl halides is 11. The molecule has 27 heavy (non-hydrogen) atoms. The van der Waals surface area contributed by atoms with Gasteiger partial charge in [-0.05, 0) is 26.2 Å². The highest BCUT2D eigenvalue weighted by atomic mass is 19.4. The zero-order valence-corrected chi connectivity index (χ0v) is 13.7. The summed E-state index contributed by atoms with van der Waals surface area (Å²) in [4.78, 5) is 11.6. The van der Waals surface area contributed by atoms with Crippen LogP contribution in [0, 0.1) is 5.41 Å². The topological polar surface area (TPSA) is 46.5 Å². The Hall–Kier alpha value is -1.34. The molecule has 0 spiro atoms. The van der Waals surface area contributed by atoms with Crippen molar-refractivity contribution in [2.45, 2.75) is 69.8 Å². The van der Waals surface area contributed by atoms with E-state index in [-0.39, 0.29) is 6.92 Å². The van der Waals surface area contributed by atoms with E-state index >= 15 is 0 Å². The second-order valence-electron chi connectivity index (χ2n) is 5.88. The summed E-state index contributed by atoms with van der Waals surface area (Å²) in [6.07, 6.45) is -30.5. The first-order chi connectivity index (χ1) is 11.7. The number of ether oxygens (including phenoxy) is 1.